The summed E-state index contributed by atoms with van der Waals surface area (Å²) in [6, 6.07) is 7.78. The Kier molecular flexibility index (Phi) is 11.0. The Morgan fingerprint density at radius 2 is 1.04 bits per heavy atom. The summed E-state index contributed by atoms with van der Waals surface area (Å²) in [4.78, 5) is 47.7. The van der Waals surface area contributed by atoms with Crippen LogP contribution in [0.1, 0.15) is 84.6 Å². The van der Waals surface area contributed by atoms with Gasteiger partial charge >= 0.3 is 17.1 Å². The van der Waals surface area contributed by atoms with Gasteiger partial charge in [0.2, 0.25) is 0 Å². The normalized spacial score (nSPS) is 12.3. The summed E-state index contributed by atoms with van der Waals surface area (Å²) in [5.74, 6) is -2.29. The van der Waals surface area contributed by atoms with Crippen molar-refractivity contribution >= 4 is 75.2 Å². The van der Waals surface area contributed by atoms with Crippen LogP contribution in [0.15, 0.2) is 37.4 Å². The van der Waals surface area contributed by atoms with E-state index >= 15 is 0 Å². The van der Waals surface area contributed by atoms with Crippen molar-refractivity contribution in [2.75, 3.05) is 0 Å². The molecule has 0 spiro atoms. The molecule has 2 aliphatic rings. The first-order valence-corrected chi connectivity index (χ1v) is 14.1. The molecule has 0 aromatic carbocycles. The molecule has 3 aromatic rings. The SMILES string of the molecule is C=Cc1c(C)c2cc3[nH]c(cc4nc(cc5nc(cc1[nH]2)C(C)=C5CCC(=O)[O-])C(CCC(=O)[O-])=C4C)c(C)c3C=C.C=O.[Fe+2]. The number of nitrogens with zero attached hydrogens (tertiary/aromatic N) is 2. The molecular weight excluding hydrogens is 612 g/mol. The molecule has 0 atom stereocenters. The number of allylic oxidation sites excluding steroid dienone is 4. The molecule has 8 bridgehead atoms. The van der Waals surface area contributed by atoms with E-state index in [1.807, 2.05) is 64.8 Å². The third kappa shape index (κ3) is 6.82. The Morgan fingerprint density at radius 1 is 0.667 bits per heavy atom. The second kappa shape index (κ2) is 14.3. The van der Waals surface area contributed by atoms with Gasteiger partial charge in [0.25, 0.3) is 0 Å². The van der Waals surface area contributed by atoms with Crippen LogP contribution in [0.4, 0.5) is 0 Å². The summed E-state index contributed by atoms with van der Waals surface area (Å²) in [6.07, 6.45) is 3.79. The van der Waals surface area contributed by atoms with Crippen molar-refractivity contribution in [2.24, 2.45) is 0 Å². The molecule has 0 radical (unpaired) electrons. The van der Waals surface area contributed by atoms with Crippen molar-refractivity contribution in [2.45, 2.75) is 53.4 Å². The number of aromatic amines is 2. The monoisotopic (exact) mass is 646 g/mol. The van der Waals surface area contributed by atoms with Gasteiger partial charge in [0, 0.05) is 45.1 Å². The minimum atomic E-state index is -1.15. The van der Waals surface area contributed by atoms with Crippen molar-refractivity contribution < 1.29 is 41.7 Å². The van der Waals surface area contributed by atoms with Gasteiger partial charge in [-0.1, -0.05) is 25.3 Å². The van der Waals surface area contributed by atoms with Gasteiger partial charge in [0.15, 0.2) is 0 Å². The summed E-state index contributed by atoms with van der Waals surface area (Å²) in [7, 11) is 0. The molecule has 0 saturated heterocycles. The minimum absolute atomic E-state index is 0. The van der Waals surface area contributed by atoms with Crippen molar-refractivity contribution in [3.05, 3.63) is 82.5 Å². The number of hydrogen-bond acceptors (Lipinski definition) is 7. The Morgan fingerprint density at radius 3 is 1.44 bits per heavy atom. The van der Waals surface area contributed by atoms with Crippen LogP contribution in [0, 0.1) is 13.8 Å². The molecule has 3 aromatic heterocycles. The third-order valence-corrected chi connectivity index (χ3v) is 8.20. The fourth-order valence-corrected chi connectivity index (χ4v) is 5.76. The number of aromatic nitrogens is 4. The number of hydrogen-bond donors (Lipinski definition) is 2. The average molecular weight is 647 g/mol. The van der Waals surface area contributed by atoms with Gasteiger partial charge in [-0.25, -0.2) is 9.97 Å². The molecule has 2 aliphatic heterocycles. The fourth-order valence-electron chi connectivity index (χ4n) is 5.76. The quantitative estimate of drug-likeness (QED) is 0.328. The van der Waals surface area contributed by atoms with Crippen LogP contribution < -0.4 is 10.2 Å². The first-order chi connectivity index (χ1) is 21.0. The molecule has 0 amide bonds. The predicted molar refractivity (Wildman–Crippen MR) is 171 cm³/mol. The summed E-state index contributed by atoms with van der Waals surface area (Å²) >= 11 is 0. The number of fused-ring (bicyclic) bond motifs is 8. The Hall–Kier alpha value is -4.79. The van der Waals surface area contributed by atoms with Crippen LogP contribution >= 0.6 is 0 Å². The predicted octanol–water partition coefficient (Wildman–Crippen LogP) is 4.95. The van der Waals surface area contributed by atoms with E-state index in [0.717, 1.165) is 66.6 Å². The van der Waals surface area contributed by atoms with E-state index in [9.17, 15) is 19.8 Å². The molecular formula is C35H34FeN4O5. The summed E-state index contributed by atoms with van der Waals surface area (Å²) in [6.45, 7) is 18.0. The van der Waals surface area contributed by atoms with Gasteiger partial charge in [-0.2, -0.15) is 0 Å². The molecule has 5 heterocycles. The number of carbonyl (C=O) groups is 3. The van der Waals surface area contributed by atoms with E-state index < -0.39 is 11.9 Å². The molecule has 232 valence electrons. The van der Waals surface area contributed by atoms with E-state index in [1.165, 1.54) is 0 Å². The molecule has 2 N–H and O–H groups in total. The molecule has 9 nitrogen and oxygen atoms in total. The first-order valence-electron chi connectivity index (χ1n) is 14.1. The number of carbonyl (C=O) groups excluding carboxylic acids is 3. The second-order valence-corrected chi connectivity index (χ2v) is 10.7. The molecule has 5 rings (SSSR count). The number of aliphatic carboxylic acids is 2. The number of aryl methyl sites for hydroxylation is 2. The molecule has 0 unspecified atom stereocenters. The topological polar surface area (TPSA) is 155 Å². The number of carboxylic acid groups (broad SMARTS) is 2. The molecule has 0 fully saturated rings. The zero-order chi connectivity index (χ0) is 32.3. The van der Waals surface area contributed by atoms with Crippen LogP contribution in [-0.2, 0) is 31.5 Å². The Labute approximate surface area is 272 Å². The number of carboxylic acids is 2. The first kappa shape index (κ1) is 34.7. The van der Waals surface area contributed by atoms with Gasteiger partial charge in [-0.3, -0.25) is 0 Å². The van der Waals surface area contributed by atoms with Crippen molar-refractivity contribution in [3.63, 3.8) is 0 Å². The molecule has 0 saturated carbocycles. The van der Waals surface area contributed by atoms with E-state index in [2.05, 4.69) is 23.1 Å². The zero-order valence-electron chi connectivity index (χ0n) is 25.7. The summed E-state index contributed by atoms with van der Waals surface area (Å²) in [5, 5.41) is 22.8. The van der Waals surface area contributed by atoms with Gasteiger partial charge in [0.1, 0.15) is 6.79 Å². The Bertz CT molecular complexity index is 1940. The maximum atomic E-state index is 11.4. The maximum Gasteiger partial charge on any atom is 2.00 e. The van der Waals surface area contributed by atoms with Gasteiger partial charge in [-0.05, 0) is 111 Å². The van der Waals surface area contributed by atoms with Crippen LogP contribution in [0.25, 0.3) is 56.5 Å². The van der Waals surface area contributed by atoms with Gasteiger partial charge in [-0.15, -0.1) is 0 Å². The van der Waals surface area contributed by atoms with Gasteiger partial charge in [0.05, 0.1) is 22.8 Å². The largest absolute Gasteiger partial charge is 2.00 e. The van der Waals surface area contributed by atoms with E-state index in [4.69, 9.17) is 14.8 Å². The van der Waals surface area contributed by atoms with Gasteiger partial charge < -0.3 is 34.6 Å². The zero-order valence-corrected chi connectivity index (χ0v) is 26.8. The van der Waals surface area contributed by atoms with Crippen LogP contribution in [0.2, 0.25) is 0 Å². The maximum absolute atomic E-state index is 11.4. The van der Waals surface area contributed by atoms with E-state index in [0.29, 0.717) is 22.8 Å². The third-order valence-electron chi connectivity index (χ3n) is 8.20. The second-order valence-electron chi connectivity index (χ2n) is 10.7. The van der Waals surface area contributed by atoms with E-state index in [-0.39, 0.29) is 42.8 Å². The fraction of sp³-hybridized carbons (Fsp3) is 0.229. The van der Waals surface area contributed by atoms with Crippen LogP contribution in [0.3, 0.4) is 0 Å². The molecule has 0 aliphatic carbocycles. The van der Waals surface area contributed by atoms with Crippen LogP contribution in [-0.4, -0.2) is 38.7 Å². The standard InChI is InChI=1S/C34H34N4O4.CH2O.Fe/c1-7-21-17(3)25-13-26-19(5)23(9-11-33(39)40)31(37-26)16-32-24(10-12-34(41)42)20(6)28(38-32)15-30-22(8-2)18(4)27(36-30)14-29(21)35-25;1-2;/h7-8,13-16,35-36H,1-2,9-12H2,3-6H3,(H,39,40)(H,41,42);1H2;/q;;+2/p-2. The summed E-state index contributed by atoms with van der Waals surface area (Å²) in [5.41, 5.74) is 13.3. The van der Waals surface area contributed by atoms with E-state index in [1.54, 1.807) is 6.08 Å². The molecule has 10 heteroatoms. The minimum Gasteiger partial charge on any atom is -0.550 e. The van der Waals surface area contributed by atoms with Crippen molar-refractivity contribution in [1.82, 2.24) is 19.9 Å². The smallest absolute Gasteiger partial charge is 0.550 e. The number of rotatable bonds is 8. The van der Waals surface area contributed by atoms with Crippen molar-refractivity contribution in [1.29, 1.82) is 0 Å². The Balaban J connectivity index is 0.00000180. The summed E-state index contributed by atoms with van der Waals surface area (Å²) < 4.78 is 0. The number of nitrogens with one attached hydrogen (secondary N) is 2. The average Bonchev–Trinajstić information content (AvgIpc) is 3.64. The molecule has 45 heavy (non-hydrogen) atoms. The van der Waals surface area contributed by atoms with Crippen molar-refractivity contribution in [3.8, 4) is 0 Å². The van der Waals surface area contributed by atoms with Crippen LogP contribution in [0.5, 0.6) is 0 Å². The number of H-pyrrole nitrogens is 2.